The van der Waals surface area contributed by atoms with Crippen LogP contribution in [0.4, 0.5) is 0 Å². The molecule has 0 amide bonds. The maximum absolute atomic E-state index is 2.29. The van der Waals surface area contributed by atoms with E-state index < -0.39 is 0 Å². The van der Waals surface area contributed by atoms with Crippen molar-refractivity contribution in [2.24, 2.45) is 0 Å². The van der Waals surface area contributed by atoms with Crippen molar-refractivity contribution in [1.82, 2.24) is 0 Å². The molecule has 0 radical (unpaired) electrons. The van der Waals surface area contributed by atoms with E-state index in [1.165, 1.54) is 22.6 Å². The van der Waals surface area contributed by atoms with Crippen molar-refractivity contribution in [2.75, 3.05) is 0 Å². The fourth-order valence-corrected chi connectivity index (χ4v) is 5.76. The maximum atomic E-state index is 2.29. The Balaban J connectivity index is 1.56. The SMILES string of the molecule is c1ccc2c(c1)C[C@@H]([C@@H]1Cc3ccccc3S1)S2. The highest BCUT2D eigenvalue weighted by Crippen LogP contribution is 2.47. The quantitative estimate of drug-likeness (QED) is 0.752. The summed E-state index contributed by atoms with van der Waals surface area (Å²) in [6, 6.07) is 17.8. The highest BCUT2D eigenvalue weighted by atomic mass is 32.2. The lowest BCUT2D eigenvalue weighted by Crippen LogP contribution is -2.18. The lowest BCUT2D eigenvalue weighted by Gasteiger charge is -2.15. The van der Waals surface area contributed by atoms with Crippen molar-refractivity contribution in [2.45, 2.75) is 33.1 Å². The fraction of sp³-hybridized carbons (Fsp3) is 0.250. The minimum absolute atomic E-state index is 0.750. The van der Waals surface area contributed by atoms with Gasteiger partial charge in [-0.05, 0) is 36.1 Å². The minimum Gasteiger partial charge on any atom is -0.121 e. The summed E-state index contributed by atoms with van der Waals surface area (Å²) >= 11 is 4.17. The van der Waals surface area contributed by atoms with Crippen molar-refractivity contribution in [3.05, 3.63) is 59.7 Å². The molecule has 0 N–H and O–H groups in total. The van der Waals surface area contributed by atoms with Crippen LogP contribution in [0.2, 0.25) is 0 Å². The molecule has 2 aliphatic heterocycles. The summed E-state index contributed by atoms with van der Waals surface area (Å²) in [7, 11) is 0. The topological polar surface area (TPSA) is 0 Å². The molecule has 0 nitrogen and oxygen atoms in total. The van der Waals surface area contributed by atoms with Crippen LogP contribution in [0.1, 0.15) is 11.1 Å². The Hall–Kier alpha value is -0.860. The number of thioether (sulfide) groups is 2. The number of hydrogen-bond acceptors (Lipinski definition) is 2. The molecule has 0 spiro atoms. The van der Waals surface area contributed by atoms with Gasteiger partial charge in [0.25, 0.3) is 0 Å². The number of rotatable bonds is 1. The predicted octanol–water partition coefficient (Wildman–Crippen LogP) is 4.42. The van der Waals surface area contributed by atoms with Crippen LogP contribution >= 0.6 is 23.5 Å². The van der Waals surface area contributed by atoms with E-state index in [2.05, 4.69) is 72.1 Å². The third-order valence-electron chi connectivity index (χ3n) is 3.76. The van der Waals surface area contributed by atoms with Crippen molar-refractivity contribution in [3.63, 3.8) is 0 Å². The average Bonchev–Trinajstić information content (AvgIpc) is 3.02. The lowest BCUT2D eigenvalue weighted by atomic mass is 10.0. The lowest BCUT2D eigenvalue weighted by molar-refractivity contribution is 0.793. The molecule has 4 rings (SSSR count). The standard InChI is InChI=1S/C16H14S2/c1-3-7-13-11(5-1)9-15(17-13)16-10-12-6-2-4-8-14(12)18-16/h1-8,15-16H,9-10H2/t15-,16-/m0/s1. The largest absolute Gasteiger partial charge is 0.121 e. The van der Waals surface area contributed by atoms with E-state index in [-0.39, 0.29) is 0 Å². The van der Waals surface area contributed by atoms with Crippen LogP contribution in [-0.2, 0) is 12.8 Å². The second kappa shape index (κ2) is 4.36. The van der Waals surface area contributed by atoms with Crippen molar-refractivity contribution in [1.29, 1.82) is 0 Å². The third kappa shape index (κ3) is 1.79. The van der Waals surface area contributed by atoms with E-state index >= 15 is 0 Å². The molecule has 0 unspecified atom stereocenters. The van der Waals surface area contributed by atoms with Gasteiger partial charge in [-0.3, -0.25) is 0 Å². The van der Waals surface area contributed by atoms with Crippen LogP contribution in [0.5, 0.6) is 0 Å². The van der Waals surface area contributed by atoms with Gasteiger partial charge in [0.05, 0.1) is 0 Å². The molecule has 0 fully saturated rings. The molecule has 0 aliphatic carbocycles. The summed E-state index contributed by atoms with van der Waals surface area (Å²) in [4.78, 5) is 3.00. The molecule has 2 aliphatic rings. The first kappa shape index (κ1) is 11.0. The molecular formula is C16H14S2. The first-order valence-corrected chi connectivity index (χ1v) is 8.15. The molecular weight excluding hydrogens is 256 g/mol. The summed E-state index contributed by atoms with van der Waals surface area (Å²) < 4.78 is 0. The number of benzene rings is 2. The summed E-state index contributed by atoms with van der Waals surface area (Å²) in [5.41, 5.74) is 3.09. The van der Waals surface area contributed by atoms with Crippen LogP contribution in [0.25, 0.3) is 0 Å². The molecule has 0 aromatic heterocycles. The fourth-order valence-electron chi connectivity index (χ4n) is 2.83. The number of fused-ring (bicyclic) bond motifs is 2. The molecule has 2 atom stereocenters. The third-order valence-corrected chi connectivity index (χ3v) is 6.83. The predicted molar refractivity (Wildman–Crippen MR) is 79.6 cm³/mol. The second-order valence-corrected chi connectivity index (χ2v) is 7.50. The Morgan fingerprint density at radius 2 is 1.11 bits per heavy atom. The summed E-state index contributed by atoms with van der Waals surface area (Å²) in [6.07, 6.45) is 2.49. The second-order valence-electron chi connectivity index (χ2n) is 4.94. The zero-order valence-electron chi connectivity index (χ0n) is 10.0. The molecule has 2 aromatic rings. The van der Waals surface area contributed by atoms with E-state index in [1.54, 1.807) is 11.1 Å². The summed E-state index contributed by atoms with van der Waals surface area (Å²) in [5.74, 6) is 0. The smallest absolute Gasteiger partial charge is 0.0261 e. The van der Waals surface area contributed by atoms with E-state index in [0.717, 1.165) is 10.5 Å². The van der Waals surface area contributed by atoms with Gasteiger partial charge in [0.2, 0.25) is 0 Å². The van der Waals surface area contributed by atoms with Gasteiger partial charge >= 0.3 is 0 Å². The van der Waals surface area contributed by atoms with Gasteiger partial charge in [-0.1, -0.05) is 36.4 Å². The van der Waals surface area contributed by atoms with Crippen molar-refractivity contribution in [3.8, 4) is 0 Å². The Morgan fingerprint density at radius 1 is 0.667 bits per heavy atom. The van der Waals surface area contributed by atoms with Crippen LogP contribution in [-0.4, -0.2) is 10.5 Å². The first-order chi connectivity index (χ1) is 8.90. The first-order valence-electron chi connectivity index (χ1n) is 6.39. The van der Waals surface area contributed by atoms with Crippen LogP contribution in [0, 0.1) is 0 Å². The van der Waals surface area contributed by atoms with E-state index in [1.807, 2.05) is 0 Å². The molecule has 2 heterocycles. The van der Waals surface area contributed by atoms with Gasteiger partial charge in [0.15, 0.2) is 0 Å². The monoisotopic (exact) mass is 270 g/mol. The normalized spacial score (nSPS) is 24.9. The van der Waals surface area contributed by atoms with E-state index in [0.29, 0.717) is 0 Å². The zero-order valence-corrected chi connectivity index (χ0v) is 11.6. The summed E-state index contributed by atoms with van der Waals surface area (Å²) in [6.45, 7) is 0. The average molecular weight is 270 g/mol. The van der Waals surface area contributed by atoms with Gasteiger partial charge in [-0.15, -0.1) is 23.5 Å². The number of hydrogen-bond donors (Lipinski definition) is 0. The molecule has 0 saturated heterocycles. The van der Waals surface area contributed by atoms with E-state index in [9.17, 15) is 0 Å². The van der Waals surface area contributed by atoms with Gasteiger partial charge in [0, 0.05) is 20.3 Å². The molecule has 0 saturated carbocycles. The molecule has 2 heteroatoms. The highest BCUT2D eigenvalue weighted by molar-refractivity contribution is 8.04. The van der Waals surface area contributed by atoms with Gasteiger partial charge in [-0.2, -0.15) is 0 Å². The van der Waals surface area contributed by atoms with E-state index in [4.69, 9.17) is 0 Å². The summed E-state index contributed by atoms with van der Waals surface area (Å²) in [5, 5.41) is 1.50. The Labute approximate surface area is 116 Å². The van der Waals surface area contributed by atoms with Crippen LogP contribution in [0.15, 0.2) is 58.3 Å². The molecule has 2 aromatic carbocycles. The molecule has 90 valence electrons. The van der Waals surface area contributed by atoms with Crippen molar-refractivity contribution < 1.29 is 0 Å². The Morgan fingerprint density at radius 3 is 1.56 bits per heavy atom. The highest BCUT2D eigenvalue weighted by Gasteiger charge is 2.33. The zero-order chi connectivity index (χ0) is 11.9. The van der Waals surface area contributed by atoms with Crippen molar-refractivity contribution >= 4 is 23.5 Å². The minimum atomic E-state index is 0.750. The maximum Gasteiger partial charge on any atom is 0.0261 e. The van der Waals surface area contributed by atoms with Crippen LogP contribution < -0.4 is 0 Å². The molecule has 0 bridgehead atoms. The van der Waals surface area contributed by atoms with Gasteiger partial charge < -0.3 is 0 Å². The van der Waals surface area contributed by atoms with Crippen LogP contribution in [0.3, 0.4) is 0 Å². The van der Waals surface area contributed by atoms with Gasteiger partial charge in [-0.25, -0.2) is 0 Å². The Bertz CT molecular complexity index is 488. The van der Waals surface area contributed by atoms with Gasteiger partial charge in [0.1, 0.15) is 0 Å². The molecule has 18 heavy (non-hydrogen) atoms. The Kier molecular flexibility index (Phi) is 2.66.